The highest BCUT2D eigenvalue weighted by Gasteiger charge is 2.22. The van der Waals surface area contributed by atoms with Crippen molar-refractivity contribution in [3.05, 3.63) is 42.1 Å². The third-order valence-electron chi connectivity index (χ3n) is 2.97. The maximum absolute atomic E-state index is 11.0. The topological polar surface area (TPSA) is 76.2 Å². The van der Waals surface area contributed by atoms with Crippen molar-refractivity contribution in [2.45, 2.75) is 13.0 Å². The summed E-state index contributed by atoms with van der Waals surface area (Å²) in [6.45, 7) is 1.61. The molecule has 2 aromatic rings. The Morgan fingerprint density at radius 2 is 2.12 bits per heavy atom. The SMILES string of the molecule is CC(C(=O)O)C(N)c1cccc2ncccc12. The molecule has 0 saturated heterocycles. The van der Waals surface area contributed by atoms with Gasteiger partial charge in [-0.15, -0.1) is 0 Å². The predicted molar refractivity (Wildman–Crippen MR) is 65.5 cm³/mol. The molecule has 2 rings (SSSR count). The first-order chi connectivity index (χ1) is 8.11. The lowest BCUT2D eigenvalue weighted by atomic mass is 9.92. The predicted octanol–water partition coefficient (Wildman–Crippen LogP) is 1.96. The number of fused-ring (bicyclic) bond motifs is 1. The van der Waals surface area contributed by atoms with Crippen molar-refractivity contribution in [3.8, 4) is 0 Å². The Labute approximate surface area is 99.1 Å². The van der Waals surface area contributed by atoms with Gasteiger partial charge >= 0.3 is 5.97 Å². The normalized spacial score (nSPS) is 14.5. The second-order valence-electron chi connectivity index (χ2n) is 4.07. The zero-order chi connectivity index (χ0) is 12.4. The summed E-state index contributed by atoms with van der Waals surface area (Å²) in [5.74, 6) is -1.51. The second kappa shape index (κ2) is 4.51. The van der Waals surface area contributed by atoms with E-state index in [0.717, 1.165) is 16.5 Å². The van der Waals surface area contributed by atoms with Gasteiger partial charge in [0.15, 0.2) is 0 Å². The molecule has 0 saturated carbocycles. The molecule has 0 fully saturated rings. The van der Waals surface area contributed by atoms with Gasteiger partial charge in [-0.25, -0.2) is 0 Å². The van der Waals surface area contributed by atoms with Crippen LogP contribution in [0.1, 0.15) is 18.5 Å². The third-order valence-corrected chi connectivity index (χ3v) is 2.97. The number of nitrogens with two attached hydrogens (primary N) is 1. The molecule has 0 amide bonds. The molecule has 1 aromatic heterocycles. The minimum Gasteiger partial charge on any atom is -0.481 e. The van der Waals surface area contributed by atoms with Crippen molar-refractivity contribution in [3.63, 3.8) is 0 Å². The number of aliphatic carboxylic acids is 1. The standard InChI is InChI=1S/C13H14N2O2/c1-8(13(16)17)12(14)10-4-2-6-11-9(10)5-3-7-15-11/h2-8,12H,14H2,1H3,(H,16,17). The van der Waals surface area contributed by atoms with Crippen LogP contribution in [-0.4, -0.2) is 16.1 Å². The van der Waals surface area contributed by atoms with Gasteiger partial charge in [-0.3, -0.25) is 9.78 Å². The van der Waals surface area contributed by atoms with Crippen LogP contribution in [0, 0.1) is 5.92 Å². The number of carbonyl (C=O) groups is 1. The average Bonchev–Trinajstić information content (AvgIpc) is 2.36. The Bertz CT molecular complexity index is 549. The Morgan fingerprint density at radius 3 is 2.82 bits per heavy atom. The van der Waals surface area contributed by atoms with Crippen molar-refractivity contribution < 1.29 is 9.90 Å². The Kier molecular flexibility index (Phi) is 3.06. The molecule has 2 atom stereocenters. The highest BCUT2D eigenvalue weighted by atomic mass is 16.4. The van der Waals surface area contributed by atoms with E-state index in [0.29, 0.717) is 0 Å². The molecule has 4 nitrogen and oxygen atoms in total. The van der Waals surface area contributed by atoms with Crippen LogP contribution in [0.2, 0.25) is 0 Å². The summed E-state index contributed by atoms with van der Waals surface area (Å²) in [5.41, 5.74) is 7.65. The Hall–Kier alpha value is -1.94. The van der Waals surface area contributed by atoms with Crippen molar-refractivity contribution in [2.24, 2.45) is 11.7 Å². The van der Waals surface area contributed by atoms with Gasteiger partial charge in [0.2, 0.25) is 0 Å². The molecule has 0 radical (unpaired) electrons. The Balaban J connectivity index is 2.52. The van der Waals surface area contributed by atoms with E-state index in [2.05, 4.69) is 4.98 Å². The van der Waals surface area contributed by atoms with Crippen LogP contribution in [0.15, 0.2) is 36.5 Å². The first-order valence-electron chi connectivity index (χ1n) is 5.43. The third kappa shape index (κ3) is 2.12. The van der Waals surface area contributed by atoms with Crippen LogP contribution in [0.4, 0.5) is 0 Å². The quantitative estimate of drug-likeness (QED) is 0.845. The molecule has 0 spiro atoms. The van der Waals surface area contributed by atoms with E-state index in [4.69, 9.17) is 10.8 Å². The fraction of sp³-hybridized carbons (Fsp3) is 0.231. The van der Waals surface area contributed by atoms with Crippen molar-refractivity contribution in [1.82, 2.24) is 4.98 Å². The van der Waals surface area contributed by atoms with Crippen LogP contribution in [0.3, 0.4) is 0 Å². The lowest BCUT2D eigenvalue weighted by Crippen LogP contribution is -2.25. The van der Waals surface area contributed by atoms with Gasteiger partial charge in [-0.05, 0) is 17.7 Å². The number of pyridine rings is 1. The molecular formula is C13H14N2O2. The molecule has 88 valence electrons. The highest BCUT2D eigenvalue weighted by Crippen LogP contribution is 2.26. The van der Waals surface area contributed by atoms with Crippen molar-refractivity contribution in [2.75, 3.05) is 0 Å². The van der Waals surface area contributed by atoms with Crippen LogP contribution in [0.25, 0.3) is 10.9 Å². The summed E-state index contributed by atoms with van der Waals surface area (Å²) in [5, 5.41) is 9.90. The van der Waals surface area contributed by atoms with E-state index in [1.165, 1.54) is 0 Å². The monoisotopic (exact) mass is 230 g/mol. The van der Waals surface area contributed by atoms with Gasteiger partial charge in [0.25, 0.3) is 0 Å². The van der Waals surface area contributed by atoms with Gasteiger partial charge in [0.1, 0.15) is 0 Å². The van der Waals surface area contributed by atoms with Crippen LogP contribution >= 0.6 is 0 Å². The van der Waals surface area contributed by atoms with Gasteiger partial charge < -0.3 is 10.8 Å². The van der Waals surface area contributed by atoms with Crippen LogP contribution < -0.4 is 5.73 Å². The maximum Gasteiger partial charge on any atom is 0.308 e. The fourth-order valence-electron chi connectivity index (χ4n) is 1.84. The zero-order valence-electron chi connectivity index (χ0n) is 9.50. The molecule has 2 unspecified atom stereocenters. The number of benzene rings is 1. The Morgan fingerprint density at radius 1 is 1.35 bits per heavy atom. The van der Waals surface area contributed by atoms with E-state index >= 15 is 0 Å². The minimum atomic E-state index is -0.890. The molecule has 4 heteroatoms. The second-order valence-corrected chi connectivity index (χ2v) is 4.07. The molecule has 1 heterocycles. The van der Waals surface area contributed by atoms with Gasteiger partial charge in [0, 0.05) is 17.6 Å². The molecule has 0 aliphatic carbocycles. The molecular weight excluding hydrogens is 216 g/mol. The smallest absolute Gasteiger partial charge is 0.308 e. The summed E-state index contributed by atoms with van der Waals surface area (Å²) in [6.07, 6.45) is 1.71. The van der Waals surface area contributed by atoms with E-state index in [1.54, 1.807) is 13.1 Å². The fourth-order valence-corrected chi connectivity index (χ4v) is 1.84. The molecule has 1 aromatic carbocycles. The summed E-state index contributed by atoms with van der Waals surface area (Å²) < 4.78 is 0. The molecule has 3 N–H and O–H groups in total. The molecule has 17 heavy (non-hydrogen) atoms. The number of aromatic nitrogens is 1. The largest absolute Gasteiger partial charge is 0.481 e. The van der Waals surface area contributed by atoms with E-state index in [9.17, 15) is 4.79 Å². The average molecular weight is 230 g/mol. The van der Waals surface area contributed by atoms with E-state index < -0.39 is 17.9 Å². The van der Waals surface area contributed by atoms with Crippen LogP contribution in [0.5, 0.6) is 0 Å². The molecule has 0 aliphatic heterocycles. The maximum atomic E-state index is 11.0. The number of carboxylic acids is 1. The summed E-state index contributed by atoms with van der Waals surface area (Å²) in [4.78, 5) is 15.2. The van der Waals surface area contributed by atoms with Gasteiger partial charge in [-0.2, -0.15) is 0 Å². The summed E-state index contributed by atoms with van der Waals surface area (Å²) in [7, 11) is 0. The number of hydrogen-bond donors (Lipinski definition) is 2. The number of nitrogens with zero attached hydrogens (tertiary/aromatic N) is 1. The molecule has 0 bridgehead atoms. The number of hydrogen-bond acceptors (Lipinski definition) is 3. The summed E-state index contributed by atoms with van der Waals surface area (Å²) >= 11 is 0. The van der Waals surface area contributed by atoms with Gasteiger partial charge in [0.05, 0.1) is 11.4 Å². The first kappa shape index (κ1) is 11.5. The van der Waals surface area contributed by atoms with E-state index in [1.807, 2.05) is 30.3 Å². The van der Waals surface area contributed by atoms with Crippen molar-refractivity contribution >= 4 is 16.9 Å². The van der Waals surface area contributed by atoms with E-state index in [-0.39, 0.29) is 0 Å². The lowest BCUT2D eigenvalue weighted by Gasteiger charge is -2.18. The lowest BCUT2D eigenvalue weighted by molar-refractivity contribution is -0.141. The summed E-state index contributed by atoms with van der Waals surface area (Å²) in [6, 6.07) is 8.79. The highest BCUT2D eigenvalue weighted by molar-refractivity contribution is 5.83. The number of carboxylic acid groups (broad SMARTS) is 1. The zero-order valence-corrected chi connectivity index (χ0v) is 9.50. The number of rotatable bonds is 3. The van der Waals surface area contributed by atoms with Crippen LogP contribution in [-0.2, 0) is 4.79 Å². The van der Waals surface area contributed by atoms with Crippen molar-refractivity contribution in [1.29, 1.82) is 0 Å². The minimum absolute atomic E-state index is 0.527. The molecule has 0 aliphatic rings. The first-order valence-corrected chi connectivity index (χ1v) is 5.43. The van der Waals surface area contributed by atoms with Gasteiger partial charge in [-0.1, -0.05) is 25.1 Å².